The Balaban J connectivity index is 1.09. The monoisotopic (exact) mass is 602 g/mol. The van der Waals surface area contributed by atoms with Gasteiger partial charge in [0.15, 0.2) is 0 Å². The van der Waals surface area contributed by atoms with E-state index in [2.05, 4.69) is 75.1 Å². The van der Waals surface area contributed by atoms with Gasteiger partial charge in [-0.05, 0) is 120 Å². The molecular weight excluding hydrogens is 554 g/mol. The van der Waals surface area contributed by atoms with Gasteiger partial charge in [0.2, 0.25) is 0 Å². The van der Waals surface area contributed by atoms with Crippen molar-refractivity contribution in [3.05, 3.63) is 118 Å². The maximum absolute atomic E-state index is 13.0. The van der Waals surface area contributed by atoms with Crippen molar-refractivity contribution in [2.45, 2.75) is 64.7 Å². The Bertz CT molecular complexity index is 1620. The number of benzene rings is 4. The molecule has 0 aliphatic heterocycles. The summed E-state index contributed by atoms with van der Waals surface area (Å²) in [5.74, 6) is -0.203. The fourth-order valence-corrected chi connectivity index (χ4v) is 6.11. The van der Waals surface area contributed by atoms with Gasteiger partial charge in [-0.3, -0.25) is 9.59 Å². The molecule has 0 saturated carbocycles. The van der Waals surface area contributed by atoms with Crippen molar-refractivity contribution in [2.24, 2.45) is 0 Å². The van der Waals surface area contributed by atoms with E-state index in [-0.39, 0.29) is 11.8 Å². The minimum atomic E-state index is -0.108. The Morgan fingerprint density at radius 2 is 1.07 bits per heavy atom. The molecular formula is C40H48N3O2+. The van der Waals surface area contributed by atoms with E-state index < -0.39 is 0 Å². The number of rotatable bonds is 14. The van der Waals surface area contributed by atoms with Crippen LogP contribution in [0.1, 0.15) is 88.4 Å². The summed E-state index contributed by atoms with van der Waals surface area (Å²) in [5, 5.41) is 6.13. The lowest BCUT2D eigenvalue weighted by Crippen LogP contribution is -2.35. The zero-order valence-electron chi connectivity index (χ0n) is 27.4. The van der Waals surface area contributed by atoms with E-state index in [9.17, 15) is 9.59 Å². The number of nitrogens with zero attached hydrogens (tertiary/aromatic N) is 1. The number of unbranched alkanes of at least 4 members (excludes halogenated alkanes) is 5. The van der Waals surface area contributed by atoms with Crippen molar-refractivity contribution in [1.29, 1.82) is 0 Å². The van der Waals surface area contributed by atoms with Crippen LogP contribution in [-0.4, -0.2) is 44.0 Å². The van der Waals surface area contributed by atoms with Gasteiger partial charge in [0, 0.05) is 22.5 Å². The van der Waals surface area contributed by atoms with E-state index in [0.717, 1.165) is 35.1 Å². The van der Waals surface area contributed by atoms with Crippen LogP contribution in [0.5, 0.6) is 0 Å². The van der Waals surface area contributed by atoms with Gasteiger partial charge in [-0.2, -0.15) is 0 Å². The van der Waals surface area contributed by atoms with Gasteiger partial charge in [-0.25, -0.2) is 0 Å². The molecule has 5 rings (SSSR count). The molecule has 0 aromatic heterocycles. The number of carbonyl (C=O) groups is 2. The largest absolute Gasteiger partial charge is 0.331 e. The number of hydrogen-bond donors (Lipinski definition) is 2. The highest BCUT2D eigenvalue weighted by Crippen LogP contribution is 2.39. The molecule has 2 N–H and O–H groups in total. The normalized spacial score (nSPS) is 12.0. The maximum Gasteiger partial charge on any atom is 0.255 e. The van der Waals surface area contributed by atoms with Crippen molar-refractivity contribution in [3.63, 3.8) is 0 Å². The van der Waals surface area contributed by atoms with Crippen molar-refractivity contribution in [3.8, 4) is 11.1 Å². The first-order chi connectivity index (χ1) is 21.7. The summed E-state index contributed by atoms with van der Waals surface area (Å²) in [5.41, 5.74) is 10.1. The zero-order chi connectivity index (χ0) is 31.8. The van der Waals surface area contributed by atoms with Gasteiger partial charge < -0.3 is 15.1 Å². The smallest absolute Gasteiger partial charge is 0.255 e. The van der Waals surface area contributed by atoms with Crippen LogP contribution in [0.15, 0.2) is 84.9 Å². The second-order valence-electron chi connectivity index (χ2n) is 13.5. The van der Waals surface area contributed by atoms with Gasteiger partial charge >= 0.3 is 0 Å². The average Bonchev–Trinajstić information content (AvgIpc) is 3.39. The fourth-order valence-electron chi connectivity index (χ4n) is 6.11. The van der Waals surface area contributed by atoms with Crippen molar-refractivity contribution in [1.82, 2.24) is 0 Å². The van der Waals surface area contributed by atoms with E-state index in [0.29, 0.717) is 11.1 Å². The molecule has 0 radical (unpaired) electrons. The second kappa shape index (κ2) is 14.7. The van der Waals surface area contributed by atoms with E-state index in [1.165, 1.54) is 78.5 Å². The zero-order valence-corrected chi connectivity index (χ0v) is 27.4. The van der Waals surface area contributed by atoms with Crippen LogP contribution >= 0.6 is 0 Å². The molecule has 5 heteroatoms. The number of amides is 2. The molecule has 0 bridgehead atoms. The number of nitrogens with one attached hydrogen (secondary N) is 2. The number of carbonyl (C=O) groups excluding carboxylic acids is 2. The van der Waals surface area contributed by atoms with Crippen LogP contribution in [0.2, 0.25) is 0 Å². The molecule has 4 aromatic rings. The standard InChI is InChI=1S/C40H47N3O2/c1-5-29-13-17-31(18-14-29)39(44)41-35-21-23-37-33(27-35)26-34-28-36(22-24-38(34)37)42-40(45)32-19-15-30(16-20-32)12-10-8-6-7-9-11-25-43(2,3)4/h13-24,27-28H,5-12,25-26H2,1-4H3,(H-,41,42,44,45)/p+1. The van der Waals surface area contributed by atoms with Crippen LogP contribution in [0, 0.1) is 0 Å². The van der Waals surface area contributed by atoms with Gasteiger partial charge in [0.25, 0.3) is 11.8 Å². The first-order valence-corrected chi connectivity index (χ1v) is 16.6. The molecule has 1 aliphatic rings. The summed E-state index contributed by atoms with van der Waals surface area (Å²) in [7, 11) is 6.78. The van der Waals surface area contributed by atoms with Crippen LogP contribution in [0.3, 0.4) is 0 Å². The summed E-state index contributed by atoms with van der Waals surface area (Å²) in [6, 6.07) is 28.0. The molecule has 2 amide bonds. The third kappa shape index (κ3) is 8.92. The molecule has 4 aromatic carbocycles. The SMILES string of the molecule is CCc1ccc(C(=O)Nc2ccc3c(c2)Cc2cc(NC(=O)c4ccc(CCCCCCCC[N+](C)(C)C)cc4)ccc2-3)cc1. The molecule has 0 atom stereocenters. The van der Waals surface area contributed by atoms with Gasteiger partial charge in [-0.15, -0.1) is 0 Å². The molecule has 234 valence electrons. The van der Waals surface area contributed by atoms with Gasteiger partial charge in [-0.1, -0.05) is 62.6 Å². The molecule has 1 aliphatic carbocycles. The Morgan fingerprint density at radius 3 is 1.56 bits per heavy atom. The number of hydrogen-bond acceptors (Lipinski definition) is 2. The lowest BCUT2D eigenvalue weighted by Gasteiger charge is -2.23. The summed E-state index contributed by atoms with van der Waals surface area (Å²) >= 11 is 0. The van der Waals surface area contributed by atoms with Crippen LogP contribution < -0.4 is 10.6 Å². The van der Waals surface area contributed by atoms with Gasteiger partial charge in [0.05, 0.1) is 27.7 Å². The summed E-state index contributed by atoms with van der Waals surface area (Å²) < 4.78 is 1.05. The van der Waals surface area contributed by atoms with Crippen LogP contribution in [-0.2, 0) is 19.3 Å². The minimum Gasteiger partial charge on any atom is -0.331 e. The molecule has 5 nitrogen and oxygen atoms in total. The molecule has 0 unspecified atom stereocenters. The summed E-state index contributed by atoms with van der Waals surface area (Å²) in [6.07, 6.45) is 10.5. The van der Waals surface area contributed by atoms with Crippen LogP contribution in [0.4, 0.5) is 11.4 Å². The Morgan fingerprint density at radius 1 is 0.600 bits per heavy atom. The molecule has 0 saturated heterocycles. The lowest BCUT2D eigenvalue weighted by molar-refractivity contribution is -0.870. The Hall–Kier alpha value is -4.22. The van der Waals surface area contributed by atoms with E-state index in [1.807, 2.05) is 48.5 Å². The second-order valence-corrected chi connectivity index (χ2v) is 13.5. The highest BCUT2D eigenvalue weighted by molar-refractivity contribution is 6.05. The number of anilines is 2. The topological polar surface area (TPSA) is 58.2 Å². The number of quaternary nitrogens is 1. The third-order valence-electron chi connectivity index (χ3n) is 8.78. The van der Waals surface area contributed by atoms with E-state index in [1.54, 1.807) is 0 Å². The Labute approximate surface area is 269 Å². The maximum atomic E-state index is 13.0. The molecule has 45 heavy (non-hydrogen) atoms. The van der Waals surface area contributed by atoms with E-state index >= 15 is 0 Å². The molecule has 0 spiro atoms. The quantitative estimate of drug-likeness (QED) is 0.0985. The first-order valence-electron chi connectivity index (χ1n) is 16.6. The average molecular weight is 603 g/mol. The highest BCUT2D eigenvalue weighted by Gasteiger charge is 2.20. The number of fused-ring (bicyclic) bond motifs is 3. The first kappa shape index (κ1) is 32.2. The Kier molecular flexibility index (Phi) is 10.5. The summed E-state index contributed by atoms with van der Waals surface area (Å²) in [4.78, 5) is 25.8. The predicted octanol–water partition coefficient (Wildman–Crippen LogP) is 8.91. The van der Waals surface area contributed by atoms with Gasteiger partial charge in [0.1, 0.15) is 0 Å². The summed E-state index contributed by atoms with van der Waals surface area (Å²) in [6.45, 7) is 3.35. The van der Waals surface area contributed by atoms with Crippen molar-refractivity contribution >= 4 is 23.2 Å². The minimum absolute atomic E-state index is 0.0946. The van der Waals surface area contributed by atoms with Crippen LogP contribution in [0.25, 0.3) is 11.1 Å². The third-order valence-corrected chi connectivity index (χ3v) is 8.78. The van der Waals surface area contributed by atoms with Crippen molar-refractivity contribution < 1.29 is 14.1 Å². The van der Waals surface area contributed by atoms with E-state index in [4.69, 9.17) is 0 Å². The lowest BCUT2D eigenvalue weighted by atomic mass is 10.0. The highest BCUT2D eigenvalue weighted by atomic mass is 16.2. The predicted molar refractivity (Wildman–Crippen MR) is 187 cm³/mol. The number of aryl methyl sites for hydroxylation is 2. The molecule has 0 fully saturated rings. The molecule has 0 heterocycles. The van der Waals surface area contributed by atoms with Crippen molar-refractivity contribution in [2.75, 3.05) is 38.3 Å². The fraction of sp³-hybridized carbons (Fsp3) is 0.350.